The number of esters is 4. The lowest BCUT2D eigenvalue weighted by Gasteiger charge is -2.60. The SMILES string of the molecule is COc1ccc2[nH]c3c(c2c1)C[C@@H](CO)N[C@]31CS[C@@H]2c3c(OC(C)=O)c(C)c4c(c3[C@H](COC1=O)N1[C@@H]2[C@@H]2c3c(cc(C)c(OC)c3O)CC1(O)CN2C)OC(c1cccc2[nH]c3c(c12)C[C@H](CN)N[C@]3(C(=O)OC[C@H]1c2c3c(c(C)c(OC(C)=O)c2[C@@H](S)[C@H]2C5c6c(cc(C)c(OC)c6O)CC(O)(CN5C)N21)OCO3)C(C)C)O4. The molecule has 8 aromatic rings. The maximum atomic E-state index is 16.5. The summed E-state index contributed by atoms with van der Waals surface area (Å²) in [5, 5.41) is 71.2. The van der Waals surface area contributed by atoms with Crippen LogP contribution in [-0.2, 0) is 65.4 Å². The van der Waals surface area contributed by atoms with Crippen LogP contribution in [0.15, 0.2) is 48.5 Å². The van der Waals surface area contributed by atoms with Gasteiger partial charge in [0.1, 0.15) is 41.9 Å². The van der Waals surface area contributed by atoms with Gasteiger partial charge < -0.3 is 93.3 Å². The third-order valence-corrected chi connectivity index (χ3v) is 28.8. The molecule has 0 aliphatic carbocycles. The number of carbonyl (C=O) groups is 4. The molecule has 29 nitrogen and oxygen atoms in total. The van der Waals surface area contributed by atoms with Crippen LogP contribution in [0.5, 0.6) is 63.2 Å². The first kappa shape index (κ1) is 76.7. The van der Waals surface area contributed by atoms with Gasteiger partial charge in [0.25, 0.3) is 6.29 Å². The number of nitrogens with zero attached hydrogens (tertiary/aromatic N) is 4. The number of phenolic OH excluding ortho intramolecular Hbond substituents is 2. The van der Waals surface area contributed by atoms with Gasteiger partial charge in [0.15, 0.2) is 57.1 Å². The van der Waals surface area contributed by atoms with Crippen molar-refractivity contribution in [2.75, 3.05) is 87.4 Å². The number of ether oxygens (including phenoxy) is 11. The first-order valence-electron chi connectivity index (χ1n) is 39.4. The van der Waals surface area contributed by atoms with Gasteiger partial charge in [-0.2, -0.15) is 12.6 Å². The molecule has 31 heteroatoms. The van der Waals surface area contributed by atoms with Crippen LogP contribution in [0.4, 0.5) is 0 Å². The number of fused-ring (bicyclic) bond motifs is 15. The molecule has 2 aromatic heterocycles. The number of benzene rings is 6. The van der Waals surface area contributed by atoms with Gasteiger partial charge in [-0.05, 0) is 118 Å². The Balaban J connectivity index is 0.746. The van der Waals surface area contributed by atoms with Crippen molar-refractivity contribution in [3.63, 3.8) is 0 Å². The van der Waals surface area contributed by atoms with E-state index in [1.807, 2.05) is 110 Å². The summed E-state index contributed by atoms with van der Waals surface area (Å²) in [6.07, 6.45) is -0.565. The van der Waals surface area contributed by atoms with Gasteiger partial charge in [0, 0.05) is 153 Å². The van der Waals surface area contributed by atoms with Gasteiger partial charge in [0.2, 0.25) is 6.79 Å². The number of aryl methyl sites for hydroxylation is 2. The maximum absolute atomic E-state index is 16.5. The number of aliphatic hydroxyl groups excluding tert-OH is 1. The number of aromatic nitrogens is 2. The molecular formula is C85H95N9O20S2. The van der Waals surface area contributed by atoms with E-state index in [9.17, 15) is 35.1 Å². The number of aliphatic hydroxyl groups is 3. The number of thioether (sulfide) groups is 1. The Labute approximate surface area is 677 Å². The van der Waals surface area contributed by atoms with Crippen molar-refractivity contribution in [1.82, 2.24) is 40.2 Å². The van der Waals surface area contributed by atoms with Crippen LogP contribution >= 0.6 is 24.4 Å². The lowest BCUT2D eigenvalue weighted by Crippen LogP contribution is -2.70. The number of H-pyrrole nitrogens is 2. The predicted molar refractivity (Wildman–Crippen MR) is 426 cm³/mol. The number of piperazine rings is 2. The topological polar surface area (TPSA) is 366 Å². The standard InChI is InChI=1S/C85H95N9O20S2/c1-34(2)85(81(101)108-29-52-57-59(69(111-39(7)96)37(5)71-73(57)110-33-109-71)75(115)63-61-54-41(19-35(3)67(105-12)65(54)98)24-82(102,93(52)63)30-91(61)9)78-49(21-43(26-86)90-85)56-46(15-14-16-51(56)88-78)79-113-72-38(6)70(112-40(8)97)60-58(74(72)114-79)53-28-107-80(100)84(77-48(22-44(27-95)89-84)47-23-45(104-11)17-18-50(47)87-77)32-116-76(60)64-62-55-42(20-36(4)68(106-13)66(55)99)25-83(103,94(53)64)31-92(62)10/h14-20,23,34,43-44,52-53,61-64,75-76,79,87-90,95,98-99,102-103,115H,21-22,24-33,86H2,1-13H3/t43-,44+,52+,53+,61?,62+,63-,64-,75-,76-,79?,82?,83?,84-,85-/m1/s1. The highest BCUT2D eigenvalue weighted by Gasteiger charge is 2.67. The average Bonchev–Trinajstić information content (AvgIpc) is 1.39. The van der Waals surface area contributed by atoms with Gasteiger partial charge in [0.05, 0.1) is 68.7 Å². The van der Waals surface area contributed by atoms with Gasteiger partial charge in [-0.3, -0.25) is 39.8 Å². The zero-order valence-corrected chi connectivity index (χ0v) is 68.3. The second-order valence-electron chi connectivity index (χ2n) is 33.6. The minimum Gasteiger partial charge on any atom is -0.504 e. The van der Waals surface area contributed by atoms with Crippen LogP contribution in [-0.4, -0.2) is 202 Å². The van der Waals surface area contributed by atoms with E-state index < -0.39 is 131 Å². The number of hydrogen-bond acceptors (Lipinski definition) is 29. The number of phenols is 2. The van der Waals surface area contributed by atoms with Crippen LogP contribution in [0.25, 0.3) is 21.8 Å². The molecular weight excluding hydrogens is 1530 g/mol. The smallest absolute Gasteiger partial charge is 0.333 e. The van der Waals surface area contributed by atoms with Crippen molar-refractivity contribution >= 4 is 70.1 Å². The van der Waals surface area contributed by atoms with Crippen molar-refractivity contribution in [2.45, 2.75) is 169 Å². The molecule has 14 aliphatic heterocycles. The molecule has 16 atom stereocenters. The number of nitrogens with one attached hydrogen (secondary N) is 4. The summed E-state index contributed by atoms with van der Waals surface area (Å²) in [6.45, 7) is 12.6. The lowest BCUT2D eigenvalue weighted by atomic mass is 9.76. The zero-order valence-electron chi connectivity index (χ0n) is 66.6. The molecule has 612 valence electrons. The number of aromatic hydroxyl groups is 2. The van der Waals surface area contributed by atoms with Crippen LogP contribution in [0, 0.1) is 33.6 Å². The number of likely N-dealkylation sites (N-methyl/N-ethyl adjacent to an activating group) is 2. The molecule has 1 spiro atoms. The third-order valence-electron chi connectivity index (χ3n) is 26.7. The quantitative estimate of drug-likeness (QED) is 0.0314. The molecule has 3 saturated heterocycles. The Bertz CT molecular complexity index is 5580. The highest BCUT2D eigenvalue weighted by Crippen LogP contribution is 2.69. The summed E-state index contributed by atoms with van der Waals surface area (Å²) < 4.78 is 71.6. The van der Waals surface area contributed by atoms with E-state index in [-0.39, 0.29) is 97.6 Å². The largest absolute Gasteiger partial charge is 0.504 e. The Morgan fingerprint density at radius 3 is 1.96 bits per heavy atom. The summed E-state index contributed by atoms with van der Waals surface area (Å²) >= 11 is 6.85. The Kier molecular flexibility index (Phi) is 18.0. The van der Waals surface area contributed by atoms with E-state index in [1.54, 1.807) is 21.0 Å². The number of hydrogen-bond donors (Lipinski definition) is 11. The van der Waals surface area contributed by atoms with Gasteiger partial charge in [-0.1, -0.05) is 38.1 Å². The minimum absolute atomic E-state index is 0.0175. The third kappa shape index (κ3) is 10.6. The fourth-order valence-corrected chi connectivity index (χ4v) is 24.6. The number of carbonyl (C=O) groups excluding carboxylic acids is 4. The van der Waals surface area contributed by atoms with Crippen molar-refractivity contribution in [1.29, 1.82) is 0 Å². The maximum Gasteiger partial charge on any atom is 0.333 e. The van der Waals surface area contributed by atoms with E-state index in [0.29, 0.717) is 130 Å². The van der Waals surface area contributed by atoms with Crippen LogP contribution < -0.4 is 59.0 Å². The summed E-state index contributed by atoms with van der Waals surface area (Å²) in [6, 6.07) is 8.87. The van der Waals surface area contributed by atoms with E-state index in [4.69, 9.17) is 70.5 Å². The molecule has 116 heavy (non-hydrogen) atoms. The van der Waals surface area contributed by atoms with Crippen molar-refractivity contribution in [3.05, 3.63) is 143 Å². The lowest BCUT2D eigenvalue weighted by molar-refractivity contribution is -0.215. The molecule has 0 saturated carbocycles. The van der Waals surface area contributed by atoms with E-state index in [0.717, 1.165) is 16.5 Å². The number of aromatic amines is 2. The minimum atomic E-state index is -1.76. The fourth-order valence-electron chi connectivity index (χ4n) is 22.4. The average molecular weight is 1630 g/mol. The Morgan fingerprint density at radius 1 is 0.698 bits per heavy atom. The van der Waals surface area contributed by atoms with E-state index >= 15 is 9.59 Å². The molecule has 0 radical (unpaired) electrons. The van der Waals surface area contributed by atoms with Crippen molar-refractivity contribution < 1.29 is 96.8 Å². The summed E-state index contributed by atoms with van der Waals surface area (Å²) in [5.74, 6) is -0.739. The molecule has 6 bridgehead atoms. The first-order valence-corrected chi connectivity index (χ1v) is 41.0. The Hall–Kier alpha value is -9.22. The number of methoxy groups -OCH3 is 3. The zero-order chi connectivity index (χ0) is 81.5. The second-order valence-corrected chi connectivity index (χ2v) is 35.3. The van der Waals surface area contributed by atoms with Crippen molar-refractivity contribution in [2.24, 2.45) is 11.7 Å². The van der Waals surface area contributed by atoms with Gasteiger partial charge >= 0.3 is 23.9 Å². The number of rotatable bonds is 12. The first-order chi connectivity index (χ1) is 55.5. The van der Waals surface area contributed by atoms with Gasteiger partial charge in [-0.15, -0.1) is 11.8 Å². The summed E-state index contributed by atoms with van der Waals surface area (Å²) in [4.78, 5) is 75.4. The molecule has 14 aliphatic rings. The molecule has 11 N–H and O–H groups in total. The number of nitrogens with two attached hydrogens (primary N) is 1. The summed E-state index contributed by atoms with van der Waals surface area (Å²) in [5.41, 5.74) is 11.0. The van der Waals surface area contributed by atoms with E-state index in [2.05, 4.69) is 20.6 Å². The molecule has 3 fully saturated rings. The highest BCUT2D eigenvalue weighted by molar-refractivity contribution is 7.99. The molecule has 5 unspecified atom stereocenters. The Morgan fingerprint density at radius 2 is 1.32 bits per heavy atom. The normalized spacial score (nSPS) is 30.3. The predicted octanol–water partition coefficient (Wildman–Crippen LogP) is 7.95. The van der Waals surface area contributed by atoms with Crippen molar-refractivity contribution in [3.8, 4) is 63.2 Å². The summed E-state index contributed by atoms with van der Waals surface area (Å²) in [7, 11) is 8.38. The molecule has 6 aromatic carbocycles. The van der Waals surface area contributed by atoms with Gasteiger partial charge in [-0.25, -0.2) is 9.59 Å². The number of thiol groups is 1. The molecule has 16 heterocycles. The van der Waals surface area contributed by atoms with Crippen LogP contribution in [0.1, 0.15) is 163 Å². The highest BCUT2D eigenvalue weighted by atomic mass is 32.2. The van der Waals surface area contributed by atoms with Crippen LogP contribution in [0.3, 0.4) is 0 Å². The van der Waals surface area contributed by atoms with E-state index in [1.165, 1.54) is 39.8 Å². The second kappa shape index (κ2) is 27.2. The molecule has 22 rings (SSSR count). The monoisotopic (exact) mass is 1630 g/mol. The van der Waals surface area contributed by atoms with Crippen LogP contribution in [0.2, 0.25) is 0 Å². The molecule has 0 amide bonds. The fraction of sp³-hybridized carbons (Fsp3) is 0.482.